The van der Waals surface area contributed by atoms with Gasteiger partial charge in [-0.25, -0.2) is 4.39 Å². The van der Waals surface area contributed by atoms with Crippen molar-refractivity contribution in [2.75, 3.05) is 12.3 Å². The Hall–Kier alpha value is -3.32. The Morgan fingerprint density at radius 1 is 1.29 bits per heavy atom. The van der Waals surface area contributed by atoms with Crippen molar-refractivity contribution in [2.45, 2.75) is 19.8 Å². The van der Waals surface area contributed by atoms with Crippen LogP contribution in [0.2, 0.25) is 0 Å². The van der Waals surface area contributed by atoms with Crippen LogP contribution in [0.3, 0.4) is 0 Å². The van der Waals surface area contributed by atoms with Gasteiger partial charge in [-0.2, -0.15) is 10.5 Å². The van der Waals surface area contributed by atoms with E-state index in [1.54, 1.807) is 6.07 Å². The van der Waals surface area contributed by atoms with E-state index in [1.165, 1.54) is 12.1 Å². The molecule has 0 unspecified atom stereocenters. The van der Waals surface area contributed by atoms with E-state index < -0.39 is 11.4 Å². The maximum absolute atomic E-state index is 13.6. The van der Waals surface area contributed by atoms with Crippen molar-refractivity contribution >= 4 is 5.82 Å². The van der Waals surface area contributed by atoms with Crippen LogP contribution in [-0.2, 0) is 0 Å². The number of rotatable bonds is 5. The molecular formula is C17H15FN4O2. The molecule has 2 aromatic rings. The van der Waals surface area contributed by atoms with Gasteiger partial charge in [-0.15, -0.1) is 0 Å². The van der Waals surface area contributed by atoms with Gasteiger partial charge in [-0.05, 0) is 18.6 Å². The summed E-state index contributed by atoms with van der Waals surface area (Å²) in [6.07, 6.45) is 1.64. The number of nitriles is 2. The number of hydrogen-bond acceptors (Lipinski definition) is 5. The minimum atomic E-state index is -0.715. The molecule has 1 heterocycles. The Balaban J connectivity index is 2.75. The first-order valence-corrected chi connectivity index (χ1v) is 7.32. The number of nitrogens with two attached hydrogens (primary N) is 1. The summed E-state index contributed by atoms with van der Waals surface area (Å²) in [4.78, 5) is 14.3. The monoisotopic (exact) mass is 326 g/mol. The highest BCUT2D eigenvalue weighted by atomic mass is 19.1. The highest BCUT2D eigenvalue weighted by Gasteiger charge is 2.21. The Labute approximate surface area is 137 Å². The van der Waals surface area contributed by atoms with Gasteiger partial charge < -0.3 is 15.5 Å². The van der Waals surface area contributed by atoms with E-state index in [1.807, 2.05) is 13.0 Å². The molecule has 24 heavy (non-hydrogen) atoms. The van der Waals surface area contributed by atoms with Crippen LogP contribution in [0.15, 0.2) is 23.0 Å². The van der Waals surface area contributed by atoms with Crippen molar-refractivity contribution in [3.63, 3.8) is 0 Å². The Morgan fingerprint density at radius 2 is 2.00 bits per heavy atom. The van der Waals surface area contributed by atoms with Gasteiger partial charge in [0.1, 0.15) is 40.6 Å². The molecule has 6 nitrogen and oxygen atoms in total. The standard InChI is InChI=1S/C17H15FN4O2/c1-2-3-6-24-14-7-10(18)4-5-11(14)15-12(8-19)16(21)22-17(23)13(15)9-20/h4-5,7H,2-3,6H2,1H3,(H3,21,22,23). The second-order valence-corrected chi connectivity index (χ2v) is 5.06. The molecule has 0 atom stereocenters. The Kier molecular flexibility index (Phi) is 5.18. The van der Waals surface area contributed by atoms with Crippen LogP contribution >= 0.6 is 0 Å². The first-order chi connectivity index (χ1) is 11.5. The summed E-state index contributed by atoms with van der Waals surface area (Å²) in [6, 6.07) is 7.34. The summed E-state index contributed by atoms with van der Waals surface area (Å²) >= 11 is 0. The molecule has 0 bridgehead atoms. The van der Waals surface area contributed by atoms with E-state index in [2.05, 4.69) is 4.98 Å². The van der Waals surface area contributed by atoms with Gasteiger partial charge >= 0.3 is 0 Å². The molecule has 1 aromatic heterocycles. The lowest BCUT2D eigenvalue weighted by Crippen LogP contribution is -2.16. The molecule has 0 aliphatic rings. The lowest BCUT2D eigenvalue weighted by molar-refractivity contribution is 0.309. The molecule has 0 aliphatic heterocycles. The van der Waals surface area contributed by atoms with E-state index in [4.69, 9.17) is 10.5 Å². The quantitative estimate of drug-likeness (QED) is 0.819. The van der Waals surface area contributed by atoms with Crippen LogP contribution < -0.4 is 16.0 Å². The minimum absolute atomic E-state index is 0.0488. The van der Waals surface area contributed by atoms with Crippen LogP contribution in [0.4, 0.5) is 10.2 Å². The number of nitrogens with zero attached hydrogens (tertiary/aromatic N) is 2. The molecule has 0 radical (unpaired) electrons. The summed E-state index contributed by atoms with van der Waals surface area (Å²) in [5.41, 5.74) is 4.98. The van der Waals surface area contributed by atoms with Crippen molar-refractivity contribution < 1.29 is 9.13 Å². The smallest absolute Gasteiger partial charge is 0.268 e. The number of ether oxygens (including phenoxy) is 1. The minimum Gasteiger partial charge on any atom is -0.493 e. The summed E-state index contributed by atoms with van der Waals surface area (Å²) in [5, 5.41) is 18.7. The number of pyridine rings is 1. The molecular weight excluding hydrogens is 311 g/mol. The Morgan fingerprint density at radius 3 is 2.62 bits per heavy atom. The zero-order valence-corrected chi connectivity index (χ0v) is 13.0. The summed E-state index contributed by atoms with van der Waals surface area (Å²) < 4.78 is 19.2. The lowest BCUT2D eigenvalue weighted by atomic mass is 9.96. The predicted molar refractivity (Wildman–Crippen MR) is 86.7 cm³/mol. The third kappa shape index (κ3) is 3.21. The number of aromatic amines is 1. The summed E-state index contributed by atoms with van der Waals surface area (Å²) in [5.74, 6) is -0.526. The second kappa shape index (κ2) is 7.30. The number of hydrogen-bond donors (Lipinski definition) is 2. The zero-order valence-electron chi connectivity index (χ0n) is 13.0. The van der Waals surface area contributed by atoms with Crippen LogP contribution in [-0.4, -0.2) is 11.6 Å². The number of unbranched alkanes of at least 4 members (excludes halogenated alkanes) is 1. The van der Waals surface area contributed by atoms with E-state index in [0.29, 0.717) is 6.61 Å². The number of halogens is 1. The highest BCUT2D eigenvalue weighted by Crippen LogP contribution is 2.35. The maximum atomic E-state index is 13.6. The molecule has 0 spiro atoms. The molecule has 1 aromatic carbocycles. The van der Waals surface area contributed by atoms with E-state index >= 15 is 0 Å². The molecule has 0 aliphatic carbocycles. The first-order valence-electron chi connectivity index (χ1n) is 7.32. The summed E-state index contributed by atoms with van der Waals surface area (Å²) in [6.45, 7) is 2.32. The molecule has 3 N–H and O–H groups in total. The van der Waals surface area contributed by atoms with Gasteiger partial charge in [0.05, 0.1) is 6.61 Å². The van der Waals surface area contributed by atoms with Crippen LogP contribution in [0, 0.1) is 28.5 Å². The van der Waals surface area contributed by atoms with Gasteiger partial charge in [0, 0.05) is 17.2 Å². The fourth-order valence-electron chi connectivity index (χ4n) is 2.26. The molecule has 2 rings (SSSR count). The van der Waals surface area contributed by atoms with Crippen molar-refractivity contribution in [2.24, 2.45) is 0 Å². The topological polar surface area (TPSA) is 116 Å². The highest BCUT2D eigenvalue weighted by molar-refractivity contribution is 5.83. The predicted octanol–water partition coefficient (Wildman–Crippen LogP) is 2.69. The lowest BCUT2D eigenvalue weighted by Gasteiger charge is -2.14. The van der Waals surface area contributed by atoms with Crippen molar-refractivity contribution in [3.05, 3.63) is 45.5 Å². The number of aromatic nitrogens is 1. The van der Waals surface area contributed by atoms with Gasteiger partial charge in [-0.3, -0.25) is 4.79 Å². The number of nitrogen functional groups attached to an aromatic ring is 1. The molecule has 0 fully saturated rings. The molecule has 7 heteroatoms. The van der Waals surface area contributed by atoms with Crippen molar-refractivity contribution in [1.82, 2.24) is 4.98 Å². The van der Waals surface area contributed by atoms with Crippen molar-refractivity contribution in [3.8, 4) is 29.0 Å². The number of benzene rings is 1. The number of H-pyrrole nitrogens is 1. The van der Waals surface area contributed by atoms with Gasteiger partial charge in [0.25, 0.3) is 5.56 Å². The van der Waals surface area contributed by atoms with E-state index in [-0.39, 0.29) is 33.8 Å². The third-order valence-corrected chi connectivity index (χ3v) is 3.44. The van der Waals surface area contributed by atoms with E-state index in [9.17, 15) is 19.7 Å². The number of anilines is 1. The Bertz CT molecular complexity index is 907. The summed E-state index contributed by atoms with van der Waals surface area (Å²) in [7, 11) is 0. The van der Waals surface area contributed by atoms with Gasteiger partial charge in [0.2, 0.25) is 0 Å². The largest absolute Gasteiger partial charge is 0.493 e. The fraction of sp³-hybridized carbons (Fsp3) is 0.235. The van der Waals surface area contributed by atoms with Crippen LogP contribution in [0.5, 0.6) is 5.75 Å². The third-order valence-electron chi connectivity index (χ3n) is 3.44. The number of nitrogens with one attached hydrogen (secondary N) is 1. The second-order valence-electron chi connectivity index (χ2n) is 5.06. The molecule has 0 saturated carbocycles. The molecule has 0 saturated heterocycles. The molecule has 0 amide bonds. The van der Waals surface area contributed by atoms with Gasteiger partial charge in [0.15, 0.2) is 0 Å². The maximum Gasteiger partial charge on any atom is 0.268 e. The van der Waals surface area contributed by atoms with E-state index in [0.717, 1.165) is 18.9 Å². The average molecular weight is 326 g/mol. The van der Waals surface area contributed by atoms with Gasteiger partial charge in [-0.1, -0.05) is 13.3 Å². The van der Waals surface area contributed by atoms with Crippen molar-refractivity contribution in [1.29, 1.82) is 10.5 Å². The molecule has 122 valence electrons. The zero-order chi connectivity index (χ0) is 17.7. The van der Waals surface area contributed by atoms with Crippen LogP contribution in [0.25, 0.3) is 11.1 Å². The first kappa shape index (κ1) is 17.0. The normalized spacial score (nSPS) is 10.0. The fourth-order valence-corrected chi connectivity index (χ4v) is 2.26. The van der Waals surface area contributed by atoms with Crippen LogP contribution in [0.1, 0.15) is 30.9 Å². The average Bonchev–Trinajstić information content (AvgIpc) is 2.55. The SMILES string of the molecule is CCCCOc1cc(F)ccc1-c1c(C#N)c(N)[nH]c(=O)c1C#N.